The Hall–Kier alpha value is -3.44. The highest BCUT2D eigenvalue weighted by molar-refractivity contribution is 5.62. The molecule has 0 aliphatic rings. The maximum Gasteiger partial charge on any atom is 0.417 e. The minimum Gasteiger partial charge on any atom is -0.588 e. The van der Waals surface area contributed by atoms with E-state index < -0.39 is 4.92 Å². The van der Waals surface area contributed by atoms with Crippen LogP contribution in [0.4, 0.5) is 5.69 Å². The quantitative estimate of drug-likeness (QED) is 0.234. The average molecular weight is 276 g/mol. The number of nitro benzene ring substituents is 1. The van der Waals surface area contributed by atoms with Crippen LogP contribution >= 0.6 is 0 Å². The Bertz CT molecular complexity index is 813. The first kappa shape index (κ1) is 11.6. The first-order valence-electron chi connectivity index (χ1n) is 5.14. The van der Waals surface area contributed by atoms with Gasteiger partial charge in [-0.05, 0) is 12.1 Å². The third-order valence-electron chi connectivity index (χ3n) is 2.45. The summed E-state index contributed by atoms with van der Waals surface area (Å²) in [6.07, 6.45) is 0. The van der Waals surface area contributed by atoms with Gasteiger partial charge >= 0.3 is 16.5 Å². The third-order valence-corrected chi connectivity index (χ3v) is 2.45. The molecule has 12 nitrogen and oxygen atoms in total. The molecule has 0 atom stereocenters. The average Bonchev–Trinajstić information content (AvgIpc) is 2.82. The van der Waals surface area contributed by atoms with Crippen molar-refractivity contribution in [2.75, 3.05) is 0 Å². The lowest BCUT2D eigenvalue weighted by Gasteiger charge is -1.98. The van der Waals surface area contributed by atoms with Crippen molar-refractivity contribution in [1.82, 2.24) is 25.3 Å². The molecule has 0 bridgehead atoms. The number of aromatic nitrogens is 7. The zero-order valence-corrected chi connectivity index (χ0v) is 9.52. The van der Waals surface area contributed by atoms with Crippen molar-refractivity contribution < 1.29 is 14.7 Å². The van der Waals surface area contributed by atoms with E-state index in [1.165, 1.54) is 24.3 Å². The molecule has 0 unspecified atom stereocenters. The molecule has 12 heteroatoms. The second-order valence-corrected chi connectivity index (χ2v) is 3.64. The molecule has 0 N–H and O–H groups in total. The van der Waals surface area contributed by atoms with Crippen LogP contribution in [0, 0.1) is 20.5 Å². The van der Waals surface area contributed by atoms with Gasteiger partial charge in [-0.25, -0.2) is 0 Å². The van der Waals surface area contributed by atoms with E-state index in [-0.39, 0.29) is 26.8 Å². The minimum absolute atomic E-state index is 0.00970. The molecule has 2 aromatic heterocycles. The van der Waals surface area contributed by atoms with Gasteiger partial charge < -0.3 is 10.4 Å². The van der Waals surface area contributed by atoms with E-state index in [9.17, 15) is 20.5 Å². The maximum atomic E-state index is 11.3. The molecule has 100 valence electrons. The summed E-state index contributed by atoms with van der Waals surface area (Å²) in [5.74, 6) is 0. The van der Waals surface area contributed by atoms with Gasteiger partial charge in [0.15, 0.2) is 0 Å². The van der Waals surface area contributed by atoms with E-state index in [1.54, 1.807) is 0 Å². The Kier molecular flexibility index (Phi) is 2.35. The predicted molar refractivity (Wildman–Crippen MR) is 59.0 cm³/mol. The molecule has 0 saturated carbocycles. The van der Waals surface area contributed by atoms with Crippen LogP contribution in [0.2, 0.25) is 0 Å². The van der Waals surface area contributed by atoms with Crippen LogP contribution in [0.1, 0.15) is 0 Å². The van der Waals surface area contributed by atoms with Crippen LogP contribution in [-0.4, -0.2) is 30.2 Å². The predicted octanol–water partition coefficient (Wildman–Crippen LogP) is -1.61. The fourth-order valence-electron chi connectivity index (χ4n) is 1.58. The highest BCUT2D eigenvalue weighted by atomic mass is 16.6. The lowest BCUT2D eigenvalue weighted by Crippen LogP contribution is -2.50. The summed E-state index contributed by atoms with van der Waals surface area (Å²) in [5.41, 5.74) is -0.100. The molecular formula is C8H4N8O4. The topological polar surface area (TPSA) is 154 Å². The van der Waals surface area contributed by atoms with Crippen LogP contribution < -0.4 is 9.80 Å². The number of nitrogens with zero attached hydrogens (tertiary/aromatic N) is 8. The Morgan fingerprint density at radius 3 is 2.55 bits per heavy atom. The molecular weight excluding hydrogens is 272 g/mol. The monoisotopic (exact) mass is 276 g/mol. The van der Waals surface area contributed by atoms with Crippen LogP contribution in [0.25, 0.3) is 17.0 Å². The highest BCUT2D eigenvalue weighted by Crippen LogP contribution is 2.16. The van der Waals surface area contributed by atoms with E-state index in [0.717, 1.165) is 4.68 Å². The SMILES string of the molecule is O=[N+]([O-])c1ccc(-n2nnc3c2n[n+]([O-])n[n+]3[O-])cc1. The fourth-order valence-corrected chi connectivity index (χ4v) is 1.58. The summed E-state index contributed by atoms with van der Waals surface area (Å²) in [4.78, 5) is 9.83. The summed E-state index contributed by atoms with van der Waals surface area (Å²) in [5, 5.41) is 46.6. The number of fused-ring (bicyclic) bond motifs is 1. The summed E-state index contributed by atoms with van der Waals surface area (Å²) >= 11 is 0. The lowest BCUT2D eigenvalue weighted by atomic mass is 10.3. The standard InChI is InChI=1S/C8H4N8O4/c17-14-7-8(10-16(20)12-14)13(11-9-7)5-1-3-6(4-2-5)15(18)19/h1-4H. The van der Waals surface area contributed by atoms with Crippen molar-refractivity contribution in [3.63, 3.8) is 0 Å². The second-order valence-electron chi connectivity index (χ2n) is 3.64. The minimum atomic E-state index is -0.553. The number of hydrogen-bond acceptors (Lipinski definition) is 8. The van der Waals surface area contributed by atoms with Gasteiger partial charge in [0.05, 0.1) is 15.7 Å². The molecule has 1 aromatic carbocycles. The number of benzene rings is 1. The Labute approximate surface area is 108 Å². The molecule has 20 heavy (non-hydrogen) atoms. The lowest BCUT2D eigenvalue weighted by molar-refractivity contribution is -0.864. The van der Waals surface area contributed by atoms with Gasteiger partial charge in [0.25, 0.3) is 5.69 Å². The van der Waals surface area contributed by atoms with Crippen LogP contribution in [0.5, 0.6) is 0 Å². The number of nitro groups is 1. The van der Waals surface area contributed by atoms with Gasteiger partial charge in [0.1, 0.15) is 4.96 Å². The van der Waals surface area contributed by atoms with Crippen LogP contribution in [0.3, 0.4) is 0 Å². The van der Waals surface area contributed by atoms with E-state index in [1.807, 2.05) is 0 Å². The summed E-state index contributed by atoms with van der Waals surface area (Å²) in [7, 11) is 0. The van der Waals surface area contributed by atoms with Gasteiger partial charge in [-0.3, -0.25) is 10.1 Å². The molecule has 0 spiro atoms. The first-order valence-corrected chi connectivity index (χ1v) is 5.14. The van der Waals surface area contributed by atoms with Crippen molar-refractivity contribution in [2.24, 2.45) is 0 Å². The fraction of sp³-hybridized carbons (Fsp3) is 0. The molecule has 3 rings (SSSR count). The number of rotatable bonds is 2. The first-order chi connectivity index (χ1) is 9.56. The zero-order valence-electron chi connectivity index (χ0n) is 9.52. The highest BCUT2D eigenvalue weighted by Gasteiger charge is 2.22. The molecule has 0 aliphatic carbocycles. The molecule has 2 heterocycles. The number of hydrogen-bond donors (Lipinski definition) is 0. The van der Waals surface area contributed by atoms with Gasteiger partial charge in [0.2, 0.25) is 0 Å². The molecule has 0 radical (unpaired) electrons. The van der Waals surface area contributed by atoms with Crippen molar-refractivity contribution in [3.05, 3.63) is 44.8 Å². The third kappa shape index (κ3) is 1.71. The largest absolute Gasteiger partial charge is 0.588 e. The Balaban J connectivity index is 2.17. The van der Waals surface area contributed by atoms with Gasteiger partial charge in [-0.2, -0.15) is 4.68 Å². The zero-order chi connectivity index (χ0) is 14.3. The summed E-state index contributed by atoms with van der Waals surface area (Å²) < 4.78 is 1.10. The van der Waals surface area contributed by atoms with Crippen LogP contribution in [0.15, 0.2) is 24.3 Å². The Morgan fingerprint density at radius 1 is 1.20 bits per heavy atom. The summed E-state index contributed by atoms with van der Waals surface area (Å²) in [6.45, 7) is 0. The molecule has 0 saturated heterocycles. The second kappa shape index (κ2) is 4.04. The van der Waals surface area contributed by atoms with Gasteiger partial charge in [0, 0.05) is 17.0 Å². The van der Waals surface area contributed by atoms with Crippen molar-refractivity contribution in [1.29, 1.82) is 0 Å². The van der Waals surface area contributed by atoms with Crippen molar-refractivity contribution >= 4 is 17.0 Å². The maximum absolute atomic E-state index is 11.3. The van der Waals surface area contributed by atoms with Gasteiger partial charge in [-0.1, -0.05) is 10.3 Å². The smallest absolute Gasteiger partial charge is 0.417 e. The van der Waals surface area contributed by atoms with Crippen molar-refractivity contribution in [3.8, 4) is 5.69 Å². The normalized spacial score (nSPS) is 10.8. The van der Waals surface area contributed by atoms with E-state index in [0.29, 0.717) is 5.69 Å². The van der Waals surface area contributed by atoms with Crippen LogP contribution in [-0.2, 0) is 0 Å². The number of non-ortho nitro benzene ring substituents is 1. The van der Waals surface area contributed by atoms with E-state index in [4.69, 9.17) is 0 Å². The molecule has 3 aromatic rings. The molecule has 0 aliphatic heterocycles. The van der Waals surface area contributed by atoms with E-state index >= 15 is 0 Å². The van der Waals surface area contributed by atoms with Crippen molar-refractivity contribution in [2.45, 2.75) is 0 Å². The summed E-state index contributed by atoms with van der Waals surface area (Å²) in [6, 6.07) is 5.28. The van der Waals surface area contributed by atoms with Gasteiger partial charge in [-0.15, -0.1) is 0 Å². The molecule has 0 fully saturated rings. The van der Waals surface area contributed by atoms with E-state index in [2.05, 4.69) is 20.6 Å². The Morgan fingerprint density at radius 2 is 1.90 bits per heavy atom. The molecule has 0 amide bonds.